The van der Waals surface area contributed by atoms with Gasteiger partial charge in [-0.3, -0.25) is 4.79 Å². The molecule has 0 bridgehead atoms. The molecule has 1 aromatic heterocycles. The molecule has 2 aromatic carbocycles. The van der Waals surface area contributed by atoms with Gasteiger partial charge in [-0.25, -0.2) is 17.9 Å². The second kappa shape index (κ2) is 7.02. The van der Waals surface area contributed by atoms with Crippen LogP contribution >= 0.6 is 0 Å². The molecule has 10 heteroatoms. The molecule has 28 heavy (non-hydrogen) atoms. The molecule has 0 aliphatic heterocycles. The summed E-state index contributed by atoms with van der Waals surface area (Å²) < 4.78 is 81.4. The third-order valence-corrected chi connectivity index (χ3v) is 3.91. The maximum absolute atomic E-state index is 13.7. The van der Waals surface area contributed by atoms with Crippen molar-refractivity contribution in [3.63, 3.8) is 0 Å². The average molecular weight is 399 g/mol. The number of aryl methyl sites for hydroxylation is 1. The first-order chi connectivity index (χ1) is 13.1. The number of aromatic nitrogens is 2. The van der Waals surface area contributed by atoms with Crippen LogP contribution in [0.25, 0.3) is 5.69 Å². The number of carbonyl (C=O) groups is 1. The highest BCUT2D eigenvalue weighted by Crippen LogP contribution is 2.34. The number of anilines is 1. The third kappa shape index (κ3) is 3.45. The number of amides is 1. The number of hydrogen-bond donors (Lipinski definition) is 1. The van der Waals surface area contributed by atoms with E-state index in [9.17, 15) is 31.1 Å². The van der Waals surface area contributed by atoms with Gasteiger partial charge in [-0.2, -0.15) is 18.3 Å². The molecule has 0 saturated heterocycles. The molecule has 0 unspecified atom stereocenters. The van der Waals surface area contributed by atoms with Crippen molar-refractivity contribution in [2.24, 2.45) is 0 Å². The number of nitrogens with zero attached hydrogens (tertiary/aromatic N) is 2. The van der Waals surface area contributed by atoms with E-state index in [0.717, 1.165) is 0 Å². The number of benzene rings is 2. The van der Waals surface area contributed by atoms with Crippen molar-refractivity contribution in [1.29, 1.82) is 0 Å². The van der Waals surface area contributed by atoms with Gasteiger partial charge in [-0.05, 0) is 30.7 Å². The fraction of sp³-hybridized carbons (Fsp3) is 0.111. The van der Waals surface area contributed by atoms with E-state index >= 15 is 0 Å². The summed E-state index contributed by atoms with van der Waals surface area (Å²) in [5.74, 6) is -6.46. The Morgan fingerprint density at radius 1 is 1.04 bits per heavy atom. The maximum atomic E-state index is 13.7. The summed E-state index contributed by atoms with van der Waals surface area (Å²) >= 11 is 0. The van der Waals surface area contributed by atoms with Crippen LogP contribution in [0.3, 0.4) is 0 Å². The number of halogens is 6. The molecule has 146 valence electrons. The number of nitrogens with one attached hydrogen (secondary N) is 1. The molecule has 3 aromatic rings. The molecular formula is C18H11F6N3O. The molecule has 0 aliphatic carbocycles. The Morgan fingerprint density at radius 2 is 1.71 bits per heavy atom. The quantitative estimate of drug-likeness (QED) is 0.505. The monoisotopic (exact) mass is 399 g/mol. The normalized spacial score (nSPS) is 11.5. The Hall–Kier alpha value is -3.30. The first kappa shape index (κ1) is 19.5. The highest BCUT2D eigenvalue weighted by Gasteiger charge is 2.41. The van der Waals surface area contributed by atoms with Crippen molar-refractivity contribution < 1.29 is 31.1 Å². The third-order valence-electron chi connectivity index (χ3n) is 3.91. The van der Waals surface area contributed by atoms with Crippen LogP contribution in [0.1, 0.15) is 21.6 Å². The number of hydrogen-bond acceptors (Lipinski definition) is 2. The molecule has 3 rings (SSSR count). The highest BCUT2D eigenvalue weighted by molar-refractivity contribution is 6.05. The van der Waals surface area contributed by atoms with Crippen molar-refractivity contribution in [2.75, 3.05) is 5.32 Å². The lowest BCUT2D eigenvalue weighted by atomic mass is 10.1. The van der Waals surface area contributed by atoms with Crippen LogP contribution in [0.4, 0.5) is 32.0 Å². The molecule has 4 nitrogen and oxygen atoms in total. The van der Waals surface area contributed by atoms with Crippen molar-refractivity contribution in [1.82, 2.24) is 9.78 Å². The van der Waals surface area contributed by atoms with Crippen LogP contribution in [-0.2, 0) is 6.18 Å². The molecule has 0 atom stereocenters. The van der Waals surface area contributed by atoms with E-state index in [-0.39, 0.29) is 5.69 Å². The second-order valence-corrected chi connectivity index (χ2v) is 5.78. The first-order valence-corrected chi connectivity index (χ1v) is 7.77. The van der Waals surface area contributed by atoms with Gasteiger partial charge in [0.25, 0.3) is 5.91 Å². The Balaban J connectivity index is 2.07. The standard InChI is InChI=1S/C18H11F6N3O/c1-9-4-2-3-5-13(9)27-16(18(22,23)24)10(8-25-27)17(28)26-12-7-6-11(19)14(20)15(12)21/h2-8H,1H3,(H,26,28). The predicted octanol–water partition coefficient (Wildman–Crippen LogP) is 4.87. The molecule has 0 saturated carbocycles. The number of carbonyl (C=O) groups excluding carboxylic acids is 1. The summed E-state index contributed by atoms with van der Waals surface area (Å²) in [7, 11) is 0. The minimum Gasteiger partial charge on any atom is -0.319 e. The van der Waals surface area contributed by atoms with Gasteiger partial charge >= 0.3 is 6.18 Å². The molecular weight excluding hydrogens is 388 g/mol. The van der Waals surface area contributed by atoms with Crippen molar-refractivity contribution in [3.05, 3.63) is 76.9 Å². The number of rotatable bonds is 3. The van der Waals surface area contributed by atoms with Crippen LogP contribution in [0.5, 0.6) is 0 Å². The molecule has 1 amide bonds. The maximum Gasteiger partial charge on any atom is 0.434 e. The number of para-hydroxylation sites is 1. The summed E-state index contributed by atoms with van der Waals surface area (Å²) in [5, 5.41) is 5.45. The van der Waals surface area contributed by atoms with Crippen LogP contribution in [0.2, 0.25) is 0 Å². The summed E-state index contributed by atoms with van der Waals surface area (Å²) in [6.45, 7) is 1.56. The van der Waals surface area contributed by atoms with Crippen LogP contribution < -0.4 is 5.32 Å². The molecule has 1 heterocycles. The summed E-state index contributed by atoms with van der Waals surface area (Å²) in [6.07, 6.45) is -4.31. The zero-order valence-corrected chi connectivity index (χ0v) is 14.1. The van der Waals surface area contributed by atoms with E-state index < -0.39 is 46.5 Å². The van der Waals surface area contributed by atoms with E-state index in [1.54, 1.807) is 19.1 Å². The summed E-state index contributed by atoms with van der Waals surface area (Å²) in [6, 6.07) is 7.30. The Morgan fingerprint density at radius 3 is 2.36 bits per heavy atom. The molecule has 0 fully saturated rings. The molecule has 0 spiro atoms. The van der Waals surface area contributed by atoms with Gasteiger partial charge < -0.3 is 5.32 Å². The predicted molar refractivity (Wildman–Crippen MR) is 87.6 cm³/mol. The SMILES string of the molecule is Cc1ccccc1-n1ncc(C(=O)Nc2ccc(F)c(F)c2F)c1C(F)(F)F. The molecule has 0 aliphatic rings. The van der Waals surface area contributed by atoms with Gasteiger partial charge in [0.2, 0.25) is 0 Å². The Labute approximate surface area is 154 Å². The molecule has 1 N–H and O–H groups in total. The van der Waals surface area contributed by atoms with Gasteiger partial charge in [0.05, 0.1) is 23.1 Å². The molecule has 0 radical (unpaired) electrons. The lowest BCUT2D eigenvalue weighted by molar-refractivity contribution is -0.143. The zero-order valence-electron chi connectivity index (χ0n) is 14.1. The largest absolute Gasteiger partial charge is 0.434 e. The van der Waals surface area contributed by atoms with Gasteiger partial charge in [-0.1, -0.05) is 18.2 Å². The average Bonchev–Trinajstić information content (AvgIpc) is 3.08. The minimum absolute atomic E-state index is 0.0906. The van der Waals surface area contributed by atoms with E-state index in [0.29, 0.717) is 28.6 Å². The lowest BCUT2D eigenvalue weighted by Gasteiger charge is -2.14. The smallest absolute Gasteiger partial charge is 0.319 e. The van der Waals surface area contributed by atoms with Crippen molar-refractivity contribution in [2.45, 2.75) is 13.1 Å². The van der Waals surface area contributed by atoms with E-state index in [4.69, 9.17) is 0 Å². The van der Waals surface area contributed by atoms with Crippen LogP contribution in [0, 0.1) is 24.4 Å². The highest BCUT2D eigenvalue weighted by atomic mass is 19.4. The first-order valence-electron chi connectivity index (χ1n) is 7.77. The topological polar surface area (TPSA) is 46.9 Å². The number of alkyl halides is 3. The second-order valence-electron chi connectivity index (χ2n) is 5.78. The van der Waals surface area contributed by atoms with Gasteiger partial charge in [0.1, 0.15) is 0 Å². The Kier molecular flexibility index (Phi) is 4.88. The fourth-order valence-corrected chi connectivity index (χ4v) is 2.58. The van der Waals surface area contributed by atoms with Crippen molar-refractivity contribution >= 4 is 11.6 Å². The van der Waals surface area contributed by atoms with Gasteiger partial charge in [-0.15, -0.1) is 0 Å². The summed E-state index contributed by atoms with van der Waals surface area (Å²) in [4.78, 5) is 12.3. The van der Waals surface area contributed by atoms with Crippen LogP contribution in [-0.4, -0.2) is 15.7 Å². The van der Waals surface area contributed by atoms with E-state index in [1.165, 1.54) is 12.1 Å². The van der Waals surface area contributed by atoms with Crippen LogP contribution in [0.15, 0.2) is 42.6 Å². The van der Waals surface area contributed by atoms with E-state index in [1.807, 2.05) is 5.32 Å². The Bertz CT molecular complexity index is 1060. The van der Waals surface area contributed by atoms with Gasteiger partial charge in [0, 0.05) is 0 Å². The fourth-order valence-electron chi connectivity index (χ4n) is 2.58. The minimum atomic E-state index is -4.97. The van der Waals surface area contributed by atoms with E-state index in [2.05, 4.69) is 5.10 Å². The zero-order chi connectivity index (χ0) is 20.6. The van der Waals surface area contributed by atoms with Crippen molar-refractivity contribution in [3.8, 4) is 5.69 Å². The summed E-state index contributed by atoms with van der Waals surface area (Å²) in [5.41, 5.74) is -2.54. The lowest BCUT2D eigenvalue weighted by Crippen LogP contribution is -2.21. The van der Waals surface area contributed by atoms with Gasteiger partial charge in [0.15, 0.2) is 23.1 Å².